The average Bonchev–Trinajstić information content (AvgIpc) is 2.81. The summed E-state index contributed by atoms with van der Waals surface area (Å²) in [6.45, 7) is 0. The second-order valence-electron chi connectivity index (χ2n) is 4.76. The molecule has 0 aliphatic carbocycles. The molecular weight excluding hydrogens is 305 g/mol. The van der Waals surface area contributed by atoms with Crippen molar-refractivity contribution in [3.63, 3.8) is 0 Å². The number of ketones is 1. The third-order valence-electron chi connectivity index (χ3n) is 2.86. The summed E-state index contributed by atoms with van der Waals surface area (Å²) >= 11 is 1.29. The van der Waals surface area contributed by atoms with Crippen LogP contribution in [-0.2, 0) is 11.2 Å². The van der Waals surface area contributed by atoms with E-state index in [1.807, 2.05) is 0 Å². The highest BCUT2D eigenvalue weighted by Crippen LogP contribution is 2.24. The molecule has 0 amide bonds. The van der Waals surface area contributed by atoms with Gasteiger partial charge in [0.1, 0.15) is 0 Å². The van der Waals surface area contributed by atoms with Gasteiger partial charge in [-0.15, -0.1) is 11.3 Å². The van der Waals surface area contributed by atoms with Crippen molar-refractivity contribution in [3.8, 4) is 0 Å². The van der Waals surface area contributed by atoms with Crippen LogP contribution in [-0.4, -0.2) is 23.0 Å². The monoisotopic (exact) mass is 322 g/mol. The number of rotatable bonds is 9. The molecule has 118 valence electrons. The van der Waals surface area contributed by atoms with Crippen molar-refractivity contribution in [3.05, 3.63) is 21.9 Å². The molecule has 0 aliphatic rings. The van der Waals surface area contributed by atoms with Crippen LogP contribution >= 0.6 is 11.3 Å². The number of hydrogen-bond donors (Lipinski definition) is 1. The van der Waals surface area contributed by atoms with Gasteiger partial charge in [-0.1, -0.05) is 0 Å². The van der Waals surface area contributed by atoms with E-state index < -0.39 is 18.6 Å². The maximum Gasteiger partial charge on any atom is 0.389 e. The molecular formula is C14H17F3O3S. The molecule has 0 spiro atoms. The molecule has 0 saturated carbocycles. The molecule has 1 heterocycles. The molecule has 0 bridgehead atoms. The first kappa shape index (κ1) is 17.7. The molecule has 0 radical (unpaired) electrons. The Labute approximate surface area is 124 Å². The van der Waals surface area contributed by atoms with Gasteiger partial charge in [0.05, 0.1) is 4.88 Å². The van der Waals surface area contributed by atoms with Gasteiger partial charge in [-0.3, -0.25) is 9.59 Å². The molecule has 1 N–H and O–H groups in total. The summed E-state index contributed by atoms with van der Waals surface area (Å²) < 4.78 is 35.9. The van der Waals surface area contributed by atoms with E-state index in [0.717, 1.165) is 4.88 Å². The quantitative estimate of drug-likeness (QED) is 0.539. The lowest BCUT2D eigenvalue weighted by atomic mass is 10.1. The van der Waals surface area contributed by atoms with Gasteiger partial charge in [-0.25, -0.2) is 0 Å². The fourth-order valence-corrected chi connectivity index (χ4v) is 2.83. The number of hydrogen-bond acceptors (Lipinski definition) is 3. The van der Waals surface area contributed by atoms with Crippen molar-refractivity contribution < 1.29 is 27.9 Å². The van der Waals surface area contributed by atoms with Crippen LogP contribution in [0.3, 0.4) is 0 Å². The second kappa shape index (κ2) is 8.17. The van der Waals surface area contributed by atoms with Gasteiger partial charge in [0.2, 0.25) is 0 Å². The number of Topliss-reactive ketones (excluding diaryl/α,β-unsaturated/α-hetero) is 1. The number of thiophene rings is 1. The van der Waals surface area contributed by atoms with Gasteiger partial charge in [-0.2, -0.15) is 13.2 Å². The molecule has 21 heavy (non-hydrogen) atoms. The maximum atomic E-state index is 12.0. The summed E-state index contributed by atoms with van der Waals surface area (Å²) in [6.07, 6.45) is -3.53. The summed E-state index contributed by atoms with van der Waals surface area (Å²) in [5.74, 6) is -1.00. The number of carbonyl (C=O) groups is 2. The van der Waals surface area contributed by atoms with Crippen LogP contribution in [0.4, 0.5) is 13.2 Å². The molecule has 0 fully saturated rings. The molecule has 3 nitrogen and oxygen atoms in total. The van der Waals surface area contributed by atoms with Crippen molar-refractivity contribution in [2.45, 2.75) is 51.1 Å². The zero-order valence-corrected chi connectivity index (χ0v) is 12.2. The van der Waals surface area contributed by atoms with Crippen LogP contribution in [0.25, 0.3) is 0 Å². The minimum Gasteiger partial charge on any atom is -0.481 e. The highest BCUT2D eigenvalue weighted by molar-refractivity contribution is 7.14. The Bertz CT molecular complexity index is 480. The molecule has 1 rings (SSSR count). The van der Waals surface area contributed by atoms with Crippen molar-refractivity contribution in [1.82, 2.24) is 0 Å². The van der Waals surface area contributed by atoms with E-state index in [4.69, 9.17) is 5.11 Å². The Balaban J connectivity index is 2.31. The zero-order chi connectivity index (χ0) is 15.9. The van der Waals surface area contributed by atoms with Crippen molar-refractivity contribution in [2.24, 2.45) is 0 Å². The molecule has 0 saturated heterocycles. The Morgan fingerprint density at radius 3 is 2.43 bits per heavy atom. The van der Waals surface area contributed by atoms with Crippen LogP contribution < -0.4 is 0 Å². The number of carboxylic acids is 1. The zero-order valence-electron chi connectivity index (χ0n) is 11.4. The van der Waals surface area contributed by atoms with Gasteiger partial charge in [0.15, 0.2) is 5.78 Å². The number of carbonyl (C=O) groups excluding carboxylic acids is 1. The standard InChI is InChI=1S/C14H17F3O3S/c15-14(16,17)9-2-1-5-11(18)12-8-7-10(21-12)4-3-6-13(19)20/h7-8H,1-6,9H2,(H,19,20). The predicted molar refractivity (Wildman–Crippen MR) is 73.7 cm³/mol. The number of aliphatic carboxylic acids is 1. The average molecular weight is 322 g/mol. The van der Waals surface area contributed by atoms with Gasteiger partial charge < -0.3 is 5.11 Å². The molecule has 1 aromatic heterocycles. The lowest BCUT2D eigenvalue weighted by Gasteiger charge is -2.04. The smallest absolute Gasteiger partial charge is 0.389 e. The minimum absolute atomic E-state index is 0.0356. The van der Waals surface area contributed by atoms with Crippen LogP contribution in [0.1, 0.15) is 53.1 Å². The van der Waals surface area contributed by atoms with E-state index in [-0.39, 0.29) is 31.5 Å². The normalized spacial score (nSPS) is 11.6. The number of alkyl halides is 3. The highest BCUT2D eigenvalue weighted by atomic mass is 32.1. The Morgan fingerprint density at radius 1 is 1.10 bits per heavy atom. The van der Waals surface area contributed by atoms with Crippen LogP contribution in [0.15, 0.2) is 12.1 Å². The third-order valence-corrected chi connectivity index (χ3v) is 4.05. The van der Waals surface area contributed by atoms with Gasteiger partial charge >= 0.3 is 12.1 Å². The van der Waals surface area contributed by atoms with E-state index in [2.05, 4.69) is 0 Å². The van der Waals surface area contributed by atoms with Gasteiger partial charge in [0.25, 0.3) is 0 Å². The summed E-state index contributed by atoms with van der Waals surface area (Å²) in [4.78, 5) is 23.6. The number of unbranched alkanes of at least 4 members (excludes halogenated alkanes) is 1. The molecule has 0 unspecified atom stereocenters. The fourth-order valence-electron chi connectivity index (χ4n) is 1.81. The number of aryl methyl sites for hydroxylation is 1. The van der Waals surface area contributed by atoms with Crippen LogP contribution in [0, 0.1) is 0 Å². The van der Waals surface area contributed by atoms with E-state index in [1.165, 1.54) is 11.3 Å². The van der Waals surface area contributed by atoms with E-state index >= 15 is 0 Å². The van der Waals surface area contributed by atoms with E-state index in [9.17, 15) is 22.8 Å². The summed E-state index contributed by atoms with van der Waals surface area (Å²) in [5.41, 5.74) is 0. The lowest BCUT2D eigenvalue weighted by Crippen LogP contribution is -2.07. The topological polar surface area (TPSA) is 54.4 Å². The summed E-state index contributed by atoms with van der Waals surface area (Å²) in [5, 5.41) is 8.53. The van der Waals surface area contributed by atoms with Crippen molar-refractivity contribution in [2.75, 3.05) is 0 Å². The number of carboxylic acid groups (broad SMARTS) is 1. The second-order valence-corrected chi connectivity index (χ2v) is 5.93. The SMILES string of the molecule is O=C(O)CCCc1ccc(C(=O)CCCCC(F)(F)F)s1. The van der Waals surface area contributed by atoms with Crippen molar-refractivity contribution in [1.29, 1.82) is 0 Å². The first-order valence-electron chi connectivity index (χ1n) is 6.68. The first-order chi connectivity index (χ1) is 9.78. The molecule has 0 aromatic carbocycles. The Kier molecular flexibility index (Phi) is 6.87. The van der Waals surface area contributed by atoms with Crippen molar-refractivity contribution >= 4 is 23.1 Å². The minimum atomic E-state index is -4.16. The lowest BCUT2D eigenvalue weighted by molar-refractivity contribution is -0.137. The molecule has 0 atom stereocenters. The third kappa shape index (κ3) is 7.84. The molecule has 7 heteroatoms. The first-order valence-corrected chi connectivity index (χ1v) is 7.50. The van der Waals surface area contributed by atoms with Gasteiger partial charge in [-0.05, 0) is 37.8 Å². The summed E-state index contributed by atoms with van der Waals surface area (Å²) in [6, 6.07) is 3.43. The van der Waals surface area contributed by atoms with Gasteiger partial charge in [0, 0.05) is 24.1 Å². The summed E-state index contributed by atoms with van der Waals surface area (Å²) in [7, 11) is 0. The predicted octanol–water partition coefficient (Wildman–Crippen LogP) is 4.46. The van der Waals surface area contributed by atoms with Crippen LogP contribution in [0.2, 0.25) is 0 Å². The van der Waals surface area contributed by atoms with E-state index in [0.29, 0.717) is 17.7 Å². The molecule has 1 aromatic rings. The Morgan fingerprint density at radius 2 is 1.81 bits per heavy atom. The fraction of sp³-hybridized carbons (Fsp3) is 0.571. The van der Waals surface area contributed by atoms with E-state index in [1.54, 1.807) is 12.1 Å². The maximum absolute atomic E-state index is 12.0. The highest BCUT2D eigenvalue weighted by Gasteiger charge is 2.26. The molecule has 0 aliphatic heterocycles. The largest absolute Gasteiger partial charge is 0.481 e. The Hall–Kier alpha value is -1.37. The number of halogens is 3. The van der Waals surface area contributed by atoms with Crippen LogP contribution in [0.5, 0.6) is 0 Å².